The molecule has 4 N–H and O–H groups in total. The van der Waals surface area contributed by atoms with E-state index in [9.17, 15) is 9.59 Å². The number of likely N-dealkylation sites (tertiary alicyclic amines) is 1. The number of nitrogens with two attached hydrogens (primary N) is 1. The van der Waals surface area contributed by atoms with Crippen LogP contribution in [-0.2, 0) is 11.2 Å². The molecule has 25 heavy (non-hydrogen) atoms. The van der Waals surface area contributed by atoms with Crippen molar-refractivity contribution in [3.05, 3.63) is 22.1 Å². The third-order valence-electron chi connectivity index (χ3n) is 5.27. The Morgan fingerprint density at radius 1 is 1.28 bits per heavy atom. The molecule has 7 heteroatoms. The van der Waals surface area contributed by atoms with Crippen molar-refractivity contribution in [2.75, 3.05) is 25.4 Å². The average molecular weight is 347 g/mol. The number of anilines is 1. The fourth-order valence-electron chi connectivity index (χ4n) is 4.14. The number of rotatable bonds is 5. The SMILES string of the molecule is Nc1nc(CC(=O)N[C@H]2CCCN(CC3CCCCC3)C2)cc(=O)[nH]1. The molecule has 2 aliphatic rings. The number of carbonyl (C=O) groups is 1. The first-order valence-corrected chi connectivity index (χ1v) is 9.46. The summed E-state index contributed by atoms with van der Waals surface area (Å²) in [5, 5.41) is 3.10. The Morgan fingerprint density at radius 3 is 2.84 bits per heavy atom. The minimum Gasteiger partial charge on any atom is -0.369 e. The van der Waals surface area contributed by atoms with Gasteiger partial charge in [0.15, 0.2) is 0 Å². The summed E-state index contributed by atoms with van der Waals surface area (Å²) in [6.07, 6.45) is 9.04. The van der Waals surface area contributed by atoms with Crippen molar-refractivity contribution in [1.29, 1.82) is 0 Å². The Kier molecular flexibility index (Phi) is 6.07. The van der Waals surface area contributed by atoms with E-state index in [1.54, 1.807) is 0 Å². The van der Waals surface area contributed by atoms with Gasteiger partial charge in [-0.25, -0.2) is 4.98 Å². The van der Waals surface area contributed by atoms with Gasteiger partial charge in [-0.2, -0.15) is 0 Å². The number of H-pyrrole nitrogens is 1. The van der Waals surface area contributed by atoms with Crippen LogP contribution in [-0.4, -0.2) is 46.5 Å². The van der Waals surface area contributed by atoms with Crippen LogP contribution in [0, 0.1) is 5.92 Å². The van der Waals surface area contributed by atoms with Crippen LogP contribution in [0.4, 0.5) is 5.95 Å². The molecule has 3 rings (SSSR count). The third-order valence-corrected chi connectivity index (χ3v) is 5.27. The molecule has 1 saturated heterocycles. The highest BCUT2D eigenvalue weighted by Crippen LogP contribution is 2.25. The number of nitrogen functional groups attached to an aromatic ring is 1. The zero-order valence-corrected chi connectivity index (χ0v) is 14.8. The van der Waals surface area contributed by atoms with E-state index in [-0.39, 0.29) is 29.9 Å². The van der Waals surface area contributed by atoms with Crippen LogP contribution in [0.2, 0.25) is 0 Å². The summed E-state index contributed by atoms with van der Waals surface area (Å²) in [6, 6.07) is 1.51. The first-order valence-electron chi connectivity index (χ1n) is 9.46. The Morgan fingerprint density at radius 2 is 2.08 bits per heavy atom. The van der Waals surface area contributed by atoms with E-state index in [1.165, 1.54) is 44.7 Å². The number of nitrogens with one attached hydrogen (secondary N) is 2. The van der Waals surface area contributed by atoms with Gasteiger partial charge in [0.25, 0.3) is 5.56 Å². The maximum atomic E-state index is 12.3. The lowest BCUT2D eigenvalue weighted by Crippen LogP contribution is -2.49. The molecule has 7 nitrogen and oxygen atoms in total. The molecule has 0 radical (unpaired) electrons. The van der Waals surface area contributed by atoms with Gasteiger partial charge in [-0.15, -0.1) is 0 Å². The van der Waals surface area contributed by atoms with Gasteiger partial charge in [-0.1, -0.05) is 19.3 Å². The van der Waals surface area contributed by atoms with Crippen molar-refractivity contribution in [3.8, 4) is 0 Å². The molecule has 0 aromatic carbocycles. The molecular weight excluding hydrogens is 318 g/mol. The van der Waals surface area contributed by atoms with E-state index in [2.05, 4.69) is 20.2 Å². The second-order valence-corrected chi connectivity index (χ2v) is 7.47. The van der Waals surface area contributed by atoms with Crippen molar-refractivity contribution in [1.82, 2.24) is 20.2 Å². The lowest BCUT2D eigenvalue weighted by molar-refractivity contribution is -0.121. The number of nitrogens with zero attached hydrogens (tertiary/aromatic N) is 2. The first kappa shape index (κ1) is 17.9. The maximum Gasteiger partial charge on any atom is 0.252 e. The average Bonchev–Trinajstić information content (AvgIpc) is 2.55. The predicted molar refractivity (Wildman–Crippen MR) is 97.2 cm³/mol. The zero-order chi connectivity index (χ0) is 17.6. The molecule has 1 aliphatic heterocycles. The van der Waals surface area contributed by atoms with Crippen LogP contribution >= 0.6 is 0 Å². The van der Waals surface area contributed by atoms with Gasteiger partial charge in [0.1, 0.15) is 0 Å². The number of amides is 1. The number of aromatic nitrogens is 2. The fourth-order valence-corrected chi connectivity index (χ4v) is 4.14. The molecule has 0 unspecified atom stereocenters. The maximum absolute atomic E-state index is 12.3. The predicted octanol–water partition coefficient (Wildman–Crippen LogP) is 1.06. The lowest BCUT2D eigenvalue weighted by atomic mass is 9.88. The molecule has 2 fully saturated rings. The summed E-state index contributed by atoms with van der Waals surface area (Å²) < 4.78 is 0. The highest BCUT2D eigenvalue weighted by Gasteiger charge is 2.24. The van der Waals surface area contributed by atoms with E-state index in [0.29, 0.717) is 5.69 Å². The van der Waals surface area contributed by atoms with Gasteiger partial charge in [-0.05, 0) is 38.1 Å². The Hall–Kier alpha value is -1.89. The minimum absolute atomic E-state index is 0.0478. The molecule has 1 aliphatic carbocycles. The Balaban J connectivity index is 1.48. The van der Waals surface area contributed by atoms with E-state index < -0.39 is 0 Å². The van der Waals surface area contributed by atoms with Gasteiger partial charge >= 0.3 is 0 Å². The summed E-state index contributed by atoms with van der Waals surface area (Å²) >= 11 is 0. The van der Waals surface area contributed by atoms with Crippen LogP contribution in [0.15, 0.2) is 10.9 Å². The molecular formula is C18H29N5O2. The van der Waals surface area contributed by atoms with Gasteiger partial charge in [-0.3, -0.25) is 14.6 Å². The zero-order valence-electron chi connectivity index (χ0n) is 14.8. The molecule has 1 aromatic heterocycles. The molecule has 1 atom stereocenters. The highest BCUT2D eigenvalue weighted by molar-refractivity contribution is 5.78. The van der Waals surface area contributed by atoms with E-state index in [1.807, 2.05) is 0 Å². The van der Waals surface area contributed by atoms with E-state index >= 15 is 0 Å². The summed E-state index contributed by atoms with van der Waals surface area (Å²) in [6.45, 7) is 3.22. The normalized spacial score (nSPS) is 22.6. The second kappa shape index (κ2) is 8.47. The van der Waals surface area contributed by atoms with E-state index in [0.717, 1.165) is 31.8 Å². The van der Waals surface area contributed by atoms with Crippen molar-refractivity contribution in [2.24, 2.45) is 5.92 Å². The summed E-state index contributed by atoms with van der Waals surface area (Å²) in [4.78, 5) is 32.6. The second-order valence-electron chi connectivity index (χ2n) is 7.47. The number of piperidine rings is 1. The van der Waals surface area contributed by atoms with Crippen LogP contribution < -0.4 is 16.6 Å². The van der Waals surface area contributed by atoms with Crippen molar-refractivity contribution in [2.45, 2.75) is 57.4 Å². The summed E-state index contributed by atoms with van der Waals surface area (Å²) in [5.74, 6) is 0.778. The first-order chi connectivity index (χ1) is 12.1. The Bertz CT molecular complexity index is 639. The molecule has 1 saturated carbocycles. The van der Waals surface area contributed by atoms with Gasteiger partial charge in [0, 0.05) is 25.2 Å². The molecule has 138 valence electrons. The third kappa shape index (κ3) is 5.56. The van der Waals surface area contributed by atoms with Gasteiger partial charge in [0.2, 0.25) is 11.9 Å². The summed E-state index contributed by atoms with van der Waals surface area (Å²) in [7, 11) is 0. The number of hydrogen-bond donors (Lipinski definition) is 3. The highest BCUT2D eigenvalue weighted by atomic mass is 16.1. The Labute approximate surface area is 148 Å². The largest absolute Gasteiger partial charge is 0.369 e. The van der Waals surface area contributed by atoms with Crippen LogP contribution in [0.1, 0.15) is 50.6 Å². The van der Waals surface area contributed by atoms with Gasteiger partial charge < -0.3 is 16.0 Å². The molecule has 0 bridgehead atoms. The van der Waals surface area contributed by atoms with Crippen molar-refractivity contribution in [3.63, 3.8) is 0 Å². The quantitative estimate of drug-likeness (QED) is 0.739. The minimum atomic E-state index is -0.327. The lowest BCUT2D eigenvalue weighted by Gasteiger charge is -2.36. The molecule has 0 spiro atoms. The summed E-state index contributed by atoms with van der Waals surface area (Å²) in [5.41, 5.74) is 5.60. The molecule has 1 aromatic rings. The topological polar surface area (TPSA) is 104 Å². The smallest absolute Gasteiger partial charge is 0.252 e. The van der Waals surface area contributed by atoms with Crippen LogP contribution in [0.25, 0.3) is 0 Å². The number of hydrogen-bond acceptors (Lipinski definition) is 5. The monoisotopic (exact) mass is 347 g/mol. The number of aromatic amines is 1. The molecule has 2 heterocycles. The van der Waals surface area contributed by atoms with E-state index in [4.69, 9.17) is 5.73 Å². The van der Waals surface area contributed by atoms with Crippen LogP contribution in [0.5, 0.6) is 0 Å². The molecule has 1 amide bonds. The standard InChI is InChI=1S/C18H29N5O2/c19-18-21-15(10-17(25)22-18)9-16(24)20-14-7-4-8-23(12-14)11-13-5-2-1-3-6-13/h10,13-14H,1-9,11-12H2,(H,20,24)(H3,19,21,22,25)/t14-/m0/s1. The number of carbonyl (C=O) groups excluding carboxylic acids is 1. The fraction of sp³-hybridized carbons (Fsp3) is 0.722. The van der Waals surface area contributed by atoms with Crippen LogP contribution in [0.3, 0.4) is 0 Å². The van der Waals surface area contributed by atoms with Crippen molar-refractivity contribution >= 4 is 11.9 Å². The van der Waals surface area contributed by atoms with Crippen molar-refractivity contribution < 1.29 is 4.79 Å². The van der Waals surface area contributed by atoms with Gasteiger partial charge in [0.05, 0.1) is 12.1 Å².